The van der Waals surface area contributed by atoms with Gasteiger partial charge >= 0.3 is 0 Å². The fraction of sp³-hybridized carbons (Fsp3) is 0.462. The van der Waals surface area contributed by atoms with Crippen molar-refractivity contribution in [2.24, 2.45) is 0 Å². The molecule has 0 aliphatic heterocycles. The summed E-state index contributed by atoms with van der Waals surface area (Å²) in [6, 6.07) is 10.7. The third kappa shape index (κ3) is 8.06. The van der Waals surface area contributed by atoms with E-state index in [1.165, 1.54) is 21.3 Å². The molecule has 7 nitrogen and oxygen atoms in total. The summed E-state index contributed by atoms with van der Waals surface area (Å²) in [7, 11) is -3.56. The molecule has 0 aliphatic carbocycles. The molecule has 35 heavy (non-hydrogen) atoms. The van der Waals surface area contributed by atoms with Crippen LogP contribution in [-0.2, 0) is 26.2 Å². The van der Waals surface area contributed by atoms with Crippen LogP contribution in [-0.4, -0.2) is 50.5 Å². The highest BCUT2D eigenvalue weighted by molar-refractivity contribution is 7.92. The summed E-state index contributed by atoms with van der Waals surface area (Å²) in [5, 5.41) is 2.77. The number of benzene rings is 2. The van der Waals surface area contributed by atoms with Gasteiger partial charge in [-0.3, -0.25) is 13.9 Å². The van der Waals surface area contributed by atoms with Gasteiger partial charge in [-0.25, -0.2) is 12.8 Å². The number of carbonyl (C=O) groups excluding carboxylic acids is 2. The standard InChI is InChI=1S/C26H36FN3O4S/c1-6-23(26(32)28-7-2)29(18-21-12-14-22(27)15-13-21)25(31)9-8-16-30(35(5,33)34)24-17-19(3)10-11-20(24)4/h10-15,17,23H,6-9,16,18H2,1-5H3,(H,28,32). The van der Waals surface area contributed by atoms with Crippen molar-refractivity contribution < 1.29 is 22.4 Å². The lowest BCUT2D eigenvalue weighted by Crippen LogP contribution is -2.49. The second-order valence-corrected chi connectivity index (χ2v) is 10.6. The molecule has 0 heterocycles. The van der Waals surface area contributed by atoms with Crippen LogP contribution in [0.3, 0.4) is 0 Å². The first-order valence-electron chi connectivity index (χ1n) is 11.8. The highest BCUT2D eigenvalue weighted by Crippen LogP contribution is 2.25. The van der Waals surface area contributed by atoms with E-state index >= 15 is 0 Å². The third-order valence-corrected chi connectivity index (χ3v) is 6.97. The molecule has 0 saturated carbocycles. The molecule has 2 aromatic rings. The van der Waals surface area contributed by atoms with E-state index in [2.05, 4.69) is 5.32 Å². The molecule has 1 unspecified atom stereocenters. The summed E-state index contributed by atoms with van der Waals surface area (Å²) in [4.78, 5) is 27.5. The minimum atomic E-state index is -3.56. The van der Waals surface area contributed by atoms with Crippen molar-refractivity contribution in [2.45, 2.75) is 59.5 Å². The van der Waals surface area contributed by atoms with Crippen LogP contribution in [0.4, 0.5) is 10.1 Å². The Kier molecular flexibility index (Phi) is 10.2. The maximum atomic E-state index is 13.4. The molecule has 0 fully saturated rings. The largest absolute Gasteiger partial charge is 0.355 e. The first kappa shape index (κ1) is 28.3. The zero-order valence-electron chi connectivity index (χ0n) is 21.2. The molecule has 0 aromatic heterocycles. The van der Waals surface area contributed by atoms with Gasteiger partial charge in [-0.1, -0.05) is 31.2 Å². The lowest BCUT2D eigenvalue weighted by atomic mass is 10.1. The van der Waals surface area contributed by atoms with Crippen molar-refractivity contribution >= 4 is 27.5 Å². The number of halogens is 1. The number of carbonyl (C=O) groups is 2. The molecule has 2 aromatic carbocycles. The third-order valence-electron chi connectivity index (χ3n) is 5.79. The van der Waals surface area contributed by atoms with E-state index in [-0.39, 0.29) is 43.6 Å². The van der Waals surface area contributed by atoms with Crippen molar-refractivity contribution in [2.75, 3.05) is 23.7 Å². The minimum Gasteiger partial charge on any atom is -0.355 e. The second-order valence-electron chi connectivity index (χ2n) is 8.70. The number of nitrogens with zero attached hydrogens (tertiary/aromatic N) is 2. The lowest BCUT2D eigenvalue weighted by molar-refractivity contribution is -0.141. The fourth-order valence-electron chi connectivity index (χ4n) is 3.97. The molecule has 2 rings (SSSR count). The van der Waals surface area contributed by atoms with Crippen molar-refractivity contribution in [3.63, 3.8) is 0 Å². The highest BCUT2D eigenvalue weighted by Gasteiger charge is 2.28. The van der Waals surface area contributed by atoms with Gasteiger partial charge in [-0.05, 0) is 68.5 Å². The number of sulfonamides is 1. The molecule has 1 atom stereocenters. The molecule has 0 radical (unpaired) electrons. The molecule has 192 valence electrons. The fourth-order valence-corrected chi connectivity index (χ4v) is 4.98. The SMILES string of the molecule is CCNC(=O)C(CC)N(Cc1ccc(F)cc1)C(=O)CCCN(c1cc(C)ccc1C)S(C)(=O)=O. The summed E-state index contributed by atoms with van der Waals surface area (Å²) in [5.74, 6) is -0.893. The lowest BCUT2D eigenvalue weighted by Gasteiger charge is -2.31. The van der Waals surface area contributed by atoms with E-state index in [0.717, 1.165) is 17.4 Å². The van der Waals surface area contributed by atoms with E-state index in [9.17, 15) is 22.4 Å². The van der Waals surface area contributed by atoms with Crippen molar-refractivity contribution in [3.8, 4) is 0 Å². The molecule has 0 bridgehead atoms. The Morgan fingerprint density at radius 3 is 2.29 bits per heavy atom. The highest BCUT2D eigenvalue weighted by atomic mass is 32.2. The Morgan fingerprint density at radius 2 is 1.71 bits per heavy atom. The van der Waals surface area contributed by atoms with Gasteiger partial charge < -0.3 is 10.2 Å². The molecule has 0 spiro atoms. The Bertz CT molecular complexity index is 1120. The van der Waals surface area contributed by atoms with E-state index in [1.807, 2.05) is 45.9 Å². The summed E-state index contributed by atoms with van der Waals surface area (Å²) < 4.78 is 39.8. The van der Waals surface area contributed by atoms with Crippen LogP contribution in [0.15, 0.2) is 42.5 Å². The number of hydrogen-bond acceptors (Lipinski definition) is 4. The molecular weight excluding hydrogens is 469 g/mol. The van der Waals surface area contributed by atoms with E-state index in [1.54, 1.807) is 12.1 Å². The Balaban J connectivity index is 2.23. The number of hydrogen-bond donors (Lipinski definition) is 1. The van der Waals surface area contributed by atoms with E-state index in [0.29, 0.717) is 24.2 Å². The van der Waals surface area contributed by atoms with Gasteiger partial charge in [-0.2, -0.15) is 0 Å². The van der Waals surface area contributed by atoms with Gasteiger partial charge in [-0.15, -0.1) is 0 Å². The van der Waals surface area contributed by atoms with Crippen molar-refractivity contribution in [3.05, 3.63) is 65.0 Å². The number of amides is 2. The van der Waals surface area contributed by atoms with E-state index in [4.69, 9.17) is 0 Å². The van der Waals surface area contributed by atoms with Gasteiger partial charge in [0.05, 0.1) is 11.9 Å². The molecule has 9 heteroatoms. The number of aryl methyl sites for hydroxylation is 2. The maximum Gasteiger partial charge on any atom is 0.242 e. The first-order valence-corrected chi connectivity index (χ1v) is 13.7. The first-order chi connectivity index (χ1) is 16.5. The summed E-state index contributed by atoms with van der Waals surface area (Å²) >= 11 is 0. The second kappa shape index (κ2) is 12.7. The summed E-state index contributed by atoms with van der Waals surface area (Å²) in [6.45, 7) is 8.11. The van der Waals surface area contributed by atoms with Crippen LogP contribution < -0.4 is 9.62 Å². The molecule has 0 saturated heterocycles. The van der Waals surface area contributed by atoms with E-state index < -0.39 is 16.1 Å². The molecule has 1 N–H and O–H groups in total. The average molecular weight is 506 g/mol. The Morgan fingerprint density at radius 1 is 1.06 bits per heavy atom. The Labute approximate surface area is 208 Å². The van der Waals surface area contributed by atoms with Crippen molar-refractivity contribution in [1.29, 1.82) is 0 Å². The number of likely N-dealkylation sites (N-methyl/N-ethyl adjacent to an activating group) is 1. The monoisotopic (exact) mass is 505 g/mol. The van der Waals surface area contributed by atoms with Crippen LogP contribution >= 0.6 is 0 Å². The van der Waals surface area contributed by atoms with Gasteiger partial charge in [0.25, 0.3) is 0 Å². The zero-order chi connectivity index (χ0) is 26.2. The number of nitrogens with one attached hydrogen (secondary N) is 1. The quantitative estimate of drug-likeness (QED) is 0.474. The normalized spacial score (nSPS) is 12.2. The predicted molar refractivity (Wildman–Crippen MR) is 137 cm³/mol. The Hall–Kier alpha value is -2.94. The predicted octanol–water partition coefficient (Wildman–Crippen LogP) is 3.93. The minimum absolute atomic E-state index is 0.0635. The van der Waals surface area contributed by atoms with Gasteiger partial charge in [0.2, 0.25) is 21.8 Å². The number of anilines is 1. The van der Waals surface area contributed by atoms with Crippen LogP contribution in [0.25, 0.3) is 0 Å². The van der Waals surface area contributed by atoms with Crippen molar-refractivity contribution in [1.82, 2.24) is 10.2 Å². The van der Waals surface area contributed by atoms with Gasteiger partial charge in [0.1, 0.15) is 11.9 Å². The topological polar surface area (TPSA) is 86.8 Å². The van der Waals surface area contributed by atoms with Gasteiger partial charge in [0, 0.05) is 26.1 Å². The molecule has 0 aliphatic rings. The molecular formula is C26H36FN3O4S. The maximum absolute atomic E-state index is 13.4. The van der Waals surface area contributed by atoms with Crippen LogP contribution in [0.1, 0.15) is 49.8 Å². The average Bonchev–Trinajstić information content (AvgIpc) is 2.79. The van der Waals surface area contributed by atoms with Crippen LogP contribution in [0, 0.1) is 19.7 Å². The summed E-state index contributed by atoms with van der Waals surface area (Å²) in [6.07, 6.45) is 1.91. The van der Waals surface area contributed by atoms with Crippen LogP contribution in [0.2, 0.25) is 0 Å². The van der Waals surface area contributed by atoms with Crippen LogP contribution in [0.5, 0.6) is 0 Å². The smallest absolute Gasteiger partial charge is 0.242 e. The number of rotatable bonds is 12. The molecule has 2 amide bonds. The van der Waals surface area contributed by atoms with Gasteiger partial charge in [0.15, 0.2) is 0 Å². The zero-order valence-corrected chi connectivity index (χ0v) is 22.0. The summed E-state index contributed by atoms with van der Waals surface area (Å²) in [5.41, 5.74) is 3.06.